The summed E-state index contributed by atoms with van der Waals surface area (Å²) in [4.78, 5) is 21.8. The molecule has 0 saturated carbocycles. The molecule has 2 atom stereocenters. The highest BCUT2D eigenvalue weighted by atomic mass is 35.5. The van der Waals surface area contributed by atoms with E-state index >= 15 is 0 Å². The third-order valence-electron chi connectivity index (χ3n) is 2.90. The molecule has 20 heavy (non-hydrogen) atoms. The first-order chi connectivity index (χ1) is 9.35. The summed E-state index contributed by atoms with van der Waals surface area (Å²) in [7, 11) is 0. The number of benzene rings is 1. The second kappa shape index (κ2) is 7.06. The van der Waals surface area contributed by atoms with Crippen LogP contribution in [-0.2, 0) is 0 Å². The number of hydrogen-bond donors (Lipinski definition) is 3. The number of carbonyl (C=O) groups is 1. The average Bonchev–Trinajstić information content (AvgIpc) is 2.39. The van der Waals surface area contributed by atoms with Crippen LogP contribution >= 0.6 is 11.6 Å². The fourth-order valence-electron chi connectivity index (χ4n) is 1.40. The van der Waals surface area contributed by atoms with E-state index in [1.54, 1.807) is 13.8 Å². The Morgan fingerprint density at radius 3 is 2.70 bits per heavy atom. The molecule has 0 aromatic heterocycles. The number of urea groups is 1. The van der Waals surface area contributed by atoms with E-state index < -0.39 is 11.0 Å². The van der Waals surface area contributed by atoms with Gasteiger partial charge in [0.25, 0.3) is 5.69 Å². The third kappa shape index (κ3) is 4.36. The second-order valence-electron chi connectivity index (χ2n) is 4.47. The van der Waals surface area contributed by atoms with Gasteiger partial charge in [-0.1, -0.05) is 18.5 Å². The van der Waals surface area contributed by atoms with Crippen LogP contribution in [0, 0.1) is 16.0 Å². The number of nitrogens with one attached hydrogen (secondary N) is 2. The molecule has 0 aliphatic rings. The van der Waals surface area contributed by atoms with Gasteiger partial charge in [-0.05, 0) is 25.0 Å². The molecule has 1 aromatic rings. The minimum atomic E-state index is -0.623. The highest BCUT2D eigenvalue weighted by Crippen LogP contribution is 2.27. The Labute approximate surface area is 121 Å². The molecule has 110 valence electrons. The van der Waals surface area contributed by atoms with Gasteiger partial charge in [-0.3, -0.25) is 10.1 Å². The Morgan fingerprint density at radius 1 is 1.50 bits per heavy atom. The molecule has 0 aliphatic carbocycles. The van der Waals surface area contributed by atoms with Crippen LogP contribution in [-0.4, -0.2) is 28.7 Å². The van der Waals surface area contributed by atoms with Crippen LogP contribution in [0.3, 0.4) is 0 Å². The SMILES string of the molecule is CC(CO)C(C)NC(=O)Nc1ccc(Cl)c([N+](=O)[O-])c1. The third-order valence-corrected chi connectivity index (χ3v) is 3.22. The number of halogens is 1. The molecular formula is C12H16ClN3O4. The van der Waals surface area contributed by atoms with E-state index in [9.17, 15) is 14.9 Å². The summed E-state index contributed by atoms with van der Waals surface area (Å²) in [6.07, 6.45) is 0. The van der Waals surface area contributed by atoms with Gasteiger partial charge in [0.1, 0.15) is 5.02 Å². The molecule has 0 heterocycles. The van der Waals surface area contributed by atoms with Crippen LogP contribution in [0.1, 0.15) is 13.8 Å². The Kier molecular flexibility index (Phi) is 5.72. The monoisotopic (exact) mass is 301 g/mol. The summed E-state index contributed by atoms with van der Waals surface area (Å²) in [5.41, 5.74) is -0.0105. The van der Waals surface area contributed by atoms with Crippen LogP contribution < -0.4 is 10.6 Å². The van der Waals surface area contributed by atoms with Crippen LogP contribution in [0.4, 0.5) is 16.2 Å². The number of nitrogens with zero attached hydrogens (tertiary/aromatic N) is 1. The lowest BCUT2D eigenvalue weighted by atomic mass is 10.1. The smallest absolute Gasteiger partial charge is 0.319 e. The minimum absolute atomic E-state index is 0.00299. The first-order valence-electron chi connectivity index (χ1n) is 5.97. The quantitative estimate of drug-likeness (QED) is 0.573. The molecular weight excluding hydrogens is 286 g/mol. The molecule has 7 nitrogen and oxygen atoms in total. The van der Waals surface area contributed by atoms with Crippen molar-refractivity contribution in [1.82, 2.24) is 5.32 Å². The lowest BCUT2D eigenvalue weighted by molar-refractivity contribution is -0.384. The summed E-state index contributed by atoms with van der Waals surface area (Å²) < 4.78 is 0. The van der Waals surface area contributed by atoms with Crippen molar-refractivity contribution in [3.05, 3.63) is 33.3 Å². The van der Waals surface area contributed by atoms with Crippen molar-refractivity contribution in [2.24, 2.45) is 5.92 Å². The van der Waals surface area contributed by atoms with E-state index in [0.717, 1.165) is 0 Å². The number of amides is 2. The topological polar surface area (TPSA) is 104 Å². The van der Waals surface area contributed by atoms with Gasteiger partial charge in [0, 0.05) is 24.4 Å². The largest absolute Gasteiger partial charge is 0.396 e. The number of nitro benzene ring substituents is 1. The molecule has 0 saturated heterocycles. The molecule has 2 unspecified atom stereocenters. The van der Waals surface area contributed by atoms with Gasteiger partial charge in [0.2, 0.25) is 0 Å². The van der Waals surface area contributed by atoms with E-state index in [4.69, 9.17) is 16.7 Å². The molecule has 0 fully saturated rings. The van der Waals surface area contributed by atoms with Crippen LogP contribution in [0.5, 0.6) is 0 Å². The summed E-state index contributed by atoms with van der Waals surface area (Å²) in [5.74, 6) is -0.0969. The van der Waals surface area contributed by atoms with Crippen molar-refractivity contribution in [3.63, 3.8) is 0 Å². The average molecular weight is 302 g/mol. The maximum atomic E-state index is 11.7. The molecule has 1 rings (SSSR count). The van der Waals surface area contributed by atoms with Crippen LogP contribution in [0.25, 0.3) is 0 Å². The van der Waals surface area contributed by atoms with E-state index in [0.29, 0.717) is 0 Å². The summed E-state index contributed by atoms with van der Waals surface area (Å²) in [6, 6.07) is 3.25. The van der Waals surface area contributed by atoms with Gasteiger partial charge in [0.15, 0.2) is 0 Å². The Balaban J connectivity index is 2.71. The fraction of sp³-hybridized carbons (Fsp3) is 0.417. The van der Waals surface area contributed by atoms with E-state index in [-0.39, 0.29) is 35.0 Å². The first kappa shape index (κ1) is 16.2. The Bertz CT molecular complexity index is 509. The normalized spacial score (nSPS) is 13.4. The predicted molar refractivity (Wildman–Crippen MR) is 76.0 cm³/mol. The number of nitro groups is 1. The van der Waals surface area contributed by atoms with E-state index in [2.05, 4.69) is 10.6 Å². The molecule has 0 aliphatic heterocycles. The molecule has 0 spiro atoms. The number of rotatable bonds is 5. The zero-order valence-electron chi connectivity index (χ0n) is 11.1. The van der Waals surface area contributed by atoms with Gasteiger partial charge < -0.3 is 15.7 Å². The van der Waals surface area contributed by atoms with Crippen molar-refractivity contribution < 1.29 is 14.8 Å². The van der Waals surface area contributed by atoms with Gasteiger partial charge in [0.05, 0.1) is 4.92 Å². The molecule has 8 heteroatoms. The molecule has 1 aromatic carbocycles. The van der Waals surface area contributed by atoms with Crippen molar-refractivity contribution >= 4 is 29.0 Å². The standard InChI is InChI=1S/C12H16ClN3O4/c1-7(6-17)8(2)14-12(18)15-9-3-4-10(13)11(5-9)16(19)20/h3-5,7-8,17H,6H2,1-2H3,(H2,14,15,18). The van der Waals surface area contributed by atoms with Crippen LogP contribution in [0.15, 0.2) is 18.2 Å². The number of anilines is 1. The maximum absolute atomic E-state index is 11.7. The van der Waals surface area contributed by atoms with Gasteiger partial charge >= 0.3 is 6.03 Å². The second-order valence-corrected chi connectivity index (χ2v) is 4.88. The summed E-state index contributed by atoms with van der Waals surface area (Å²) >= 11 is 5.67. The first-order valence-corrected chi connectivity index (χ1v) is 6.35. The number of aliphatic hydroxyl groups excluding tert-OH is 1. The molecule has 0 radical (unpaired) electrons. The molecule has 0 bridgehead atoms. The minimum Gasteiger partial charge on any atom is -0.396 e. The molecule has 2 amide bonds. The van der Waals surface area contributed by atoms with Crippen LogP contribution in [0.2, 0.25) is 5.02 Å². The van der Waals surface area contributed by atoms with Gasteiger partial charge in [-0.25, -0.2) is 4.79 Å². The fourth-order valence-corrected chi connectivity index (χ4v) is 1.59. The predicted octanol–water partition coefficient (Wildman–Crippen LogP) is 2.39. The number of aliphatic hydroxyl groups is 1. The van der Waals surface area contributed by atoms with E-state index in [1.165, 1.54) is 18.2 Å². The zero-order chi connectivity index (χ0) is 15.3. The van der Waals surface area contributed by atoms with Gasteiger partial charge in [-0.15, -0.1) is 0 Å². The summed E-state index contributed by atoms with van der Waals surface area (Å²) in [5, 5.41) is 24.8. The van der Waals surface area contributed by atoms with Crippen molar-refractivity contribution in [2.45, 2.75) is 19.9 Å². The lowest BCUT2D eigenvalue weighted by Crippen LogP contribution is -2.40. The number of hydrogen-bond acceptors (Lipinski definition) is 4. The zero-order valence-corrected chi connectivity index (χ0v) is 11.8. The maximum Gasteiger partial charge on any atom is 0.319 e. The summed E-state index contributed by atoms with van der Waals surface area (Å²) in [6.45, 7) is 3.50. The highest BCUT2D eigenvalue weighted by molar-refractivity contribution is 6.32. The number of carbonyl (C=O) groups excluding carboxylic acids is 1. The van der Waals surface area contributed by atoms with E-state index in [1.807, 2.05) is 0 Å². The van der Waals surface area contributed by atoms with Crippen molar-refractivity contribution in [2.75, 3.05) is 11.9 Å². The van der Waals surface area contributed by atoms with Gasteiger partial charge in [-0.2, -0.15) is 0 Å². The molecule has 3 N–H and O–H groups in total. The van der Waals surface area contributed by atoms with Crippen molar-refractivity contribution in [1.29, 1.82) is 0 Å². The van der Waals surface area contributed by atoms with Crippen molar-refractivity contribution in [3.8, 4) is 0 Å². The lowest BCUT2D eigenvalue weighted by Gasteiger charge is -2.19. The Morgan fingerprint density at radius 2 is 2.15 bits per heavy atom. The highest BCUT2D eigenvalue weighted by Gasteiger charge is 2.16. The Hall–Kier alpha value is -1.86.